The third kappa shape index (κ3) is 5.93. The van der Waals surface area contributed by atoms with E-state index in [2.05, 4.69) is 66.9 Å². The molecule has 0 atom stereocenters. The van der Waals surface area contributed by atoms with Gasteiger partial charge in [-0.25, -0.2) is 5.01 Å². The van der Waals surface area contributed by atoms with Gasteiger partial charge in [0.2, 0.25) is 0 Å². The molecule has 3 N–H and O–H groups in total. The summed E-state index contributed by atoms with van der Waals surface area (Å²) in [5.41, 5.74) is 10.2. The Bertz CT molecular complexity index is 755. The van der Waals surface area contributed by atoms with E-state index in [4.69, 9.17) is 0 Å². The molecule has 0 saturated carbocycles. The van der Waals surface area contributed by atoms with Crippen LogP contribution < -0.4 is 10.7 Å². The third-order valence-corrected chi connectivity index (χ3v) is 4.92. The molecule has 0 heterocycles. The first-order chi connectivity index (χ1) is 13.1. The van der Waals surface area contributed by atoms with Gasteiger partial charge in [0.15, 0.2) is 0 Å². The molecule has 0 aliphatic carbocycles. The zero-order valence-electron chi connectivity index (χ0n) is 17.0. The SMILES string of the molecule is CC=C(C)CN(CCNc1cc(CC)ccc1-c1ccccc1CO)NC. The van der Waals surface area contributed by atoms with Crippen molar-refractivity contribution in [1.29, 1.82) is 0 Å². The summed E-state index contributed by atoms with van der Waals surface area (Å²) in [6.07, 6.45) is 3.14. The molecule has 0 aliphatic rings. The predicted octanol–water partition coefficient (Wildman–Crippen LogP) is 4.22. The van der Waals surface area contributed by atoms with E-state index in [9.17, 15) is 5.11 Å². The van der Waals surface area contributed by atoms with Crippen LogP contribution in [0.1, 0.15) is 31.9 Å². The number of aliphatic hydroxyl groups is 1. The number of nitrogens with zero attached hydrogens (tertiary/aromatic N) is 1. The van der Waals surface area contributed by atoms with Crippen LogP contribution in [-0.4, -0.2) is 36.8 Å². The molecule has 0 unspecified atom stereocenters. The van der Waals surface area contributed by atoms with Crippen molar-refractivity contribution in [2.75, 3.05) is 32.0 Å². The molecule has 0 saturated heterocycles. The van der Waals surface area contributed by atoms with Crippen LogP contribution in [0.5, 0.6) is 0 Å². The number of hydrogen-bond acceptors (Lipinski definition) is 4. The van der Waals surface area contributed by atoms with Crippen LogP contribution in [0.4, 0.5) is 5.69 Å². The third-order valence-electron chi connectivity index (χ3n) is 4.92. The van der Waals surface area contributed by atoms with Gasteiger partial charge in [0, 0.05) is 30.9 Å². The van der Waals surface area contributed by atoms with Crippen LogP contribution in [0.15, 0.2) is 54.1 Å². The molecule has 2 aromatic rings. The Morgan fingerprint density at radius 2 is 1.93 bits per heavy atom. The minimum absolute atomic E-state index is 0.0430. The summed E-state index contributed by atoms with van der Waals surface area (Å²) in [6.45, 7) is 9.06. The molecule has 0 spiro atoms. The fourth-order valence-corrected chi connectivity index (χ4v) is 3.10. The van der Waals surface area contributed by atoms with E-state index in [0.717, 1.165) is 48.4 Å². The maximum atomic E-state index is 9.72. The van der Waals surface area contributed by atoms with Crippen molar-refractivity contribution in [3.8, 4) is 11.1 Å². The molecule has 0 aromatic heterocycles. The van der Waals surface area contributed by atoms with E-state index >= 15 is 0 Å². The Morgan fingerprint density at radius 1 is 1.15 bits per heavy atom. The summed E-state index contributed by atoms with van der Waals surface area (Å²) >= 11 is 0. The summed E-state index contributed by atoms with van der Waals surface area (Å²) in [5.74, 6) is 0. The van der Waals surface area contributed by atoms with Crippen molar-refractivity contribution in [2.24, 2.45) is 0 Å². The largest absolute Gasteiger partial charge is 0.392 e. The molecular formula is C23H33N3O. The van der Waals surface area contributed by atoms with Gasteiger partial charge < -0.3 is 10.4 Å². The fourth-order valence-electron chi connectivity index (χ4n) is 3.10. The van der Waals surface area contributed by atoms with Crippen molar-refractivity contribution in [3.05, 3.63) is 65.2 Å². The Morgan fingerprint density at radius 3 is 2.59 bits per heavy atom. The lowest BCUT2D eigenvalue weighted by Crippen LogP contribution is -2.39. The van der Waals surface area contributed by atoms with Gasteiger partial charge in [0.1, 0.15) is 0 Å². The second kappa shape index (κ2) is 10.9. The van der Waals surface area contributed by atoms with E-state index in [1.807, 2.05) is 25.2 Å². The lowest BCUT2D eigenvalue weighted by Gasteiger charge is -2.23. The van der Waals surface area contributed by atoms with Gasteiger partial charge in [-0.3, -0.25) is 5.43 Å². The van der Waals surface area contributed by atoms with Crippen LogP contribution in [0, 0.1) is 0 Å². The molecule has 27 heavy (non-hydrogen) atoms. The zero-order valence-corrected chi connectivity index (χ0v) is 17.0. The predicted molar refractivity (Wildman–Crippen MR) is 116 cm³/mol. The quantitative estimate of drug-likeness (QED) is 0.435. The molecule has 146 valence electrons. The average molecular weight is 368 g/mol. The number of hydrogen-bond donors (Lipinski definition) is 3. The van der Waals surface area contributed by atoms with Crippen LogP contribution in [0.25, 0.3) is 11.1 Å². The molecule has 0 amide bonds. The number of benzene rings is 2. The van der Waals surface area contributed by atoms with Gasteiger partial charge in [-0.1, -0.05) is 55.0 Å². The standard InChI is InChI=1S/C23H33N3O/c1-5-18(3)16-26(24-4)14-13-25-23-15-19(6-2)11-12-22(23)21-10-8-7-9-20(21)17-27/h5,7-12,15,24-25,27H,6,13-14,16-17H2,1-4H3. The second-order valence-electron chi connectivity index (χ2n) is 6.76. The van der Waals surface area contributed by atoms with Crippen molar-refractivity contribution in [3.63, 3.8) is 0 Å². The Kier molecular flexibility index (Phi) is 8.52. The molecule has 4 nitrogen and oxygen atoms in total. The summed E-state index contributed by atoms with van der Waals surface area (Å²) in [7, 11) is 1.96. The molecule has 0 bridgehead atoms. The number of anilines is 1. The second-order valence-corrected chi connectivity index (χ2v) is 6.76. The first kappa shape index (κ1) is 21.2. The summed E-state index contributed by atoms with van der Waals surface area (Å²) < 4.78 is 0. The van der Waals surface area contributed by atoms with Crippen LogP contribution >= 0.6 is 0 Å². The highest BCUT2D eigenvalue weighted by atomic mass is 16.3. The van der Waals surface area contributed by atoms with Crippen molar-refractivity contribution in [1.82, 2.24) is 10.4 Å². The number of hydrazine groups is 1. The molecule has 2 aromatic carbocycles. The van der Waals surface area contributed by atoms with E-state index in [-0.39, 0.29) is 6.61 Å². The van der Waals surface area contributed by atoms with Gasteiger partial charge in [0.05, 0.1) is 6.61 Å². The highest BCUT2D eigenvalue weighted by molar-refractivity contribution is 5.80. The number of allylic oxidation sites excluding steroid dienone is 1. The minimum atomic E-state index is 0.0430. The maximum Gasteiger partial charge on any atom is 0.0687 e. The van der Waals surface area contributed by atoms with Gasteiger partial charge in [-0.05, 0) is 50.1 Å². The monoisotopic (exact) mass is 367 g/mol. The van der Waals surface area contributed by atoms with Gasteiger partial charge in [-0.2, -0.15) is 0 Å². The number of aliphatic hydroxyl groups excluding tert-OH is 1. The Balaban J connectivity index is 2.20. The Hall–Kier alpha value is -2.14. The molecule has 0 aliphatic heterocycles. The van der Waals surface area contributed by atoms with Gasteiger partial charge in [0.25, 0.3) is 0 Å². The van der Waals surface area contributed by atoms with Gasteiger partial charge >= 0.3 is 0 Å². The summed E-state index contributed by atoms with van der Waals surface area (Å²) in [4.78, 5) is 0. The smallest absolute Gasteiger partial charge is 0.0687 e. The van der Waals surface area contributed by atoms with E-state index in [1.54, 1.807) is 0 Å². The van der Waals surface area contributed by atoms with Crippen LogP contribution in [-0.2, 0) is 13.0 Å². The van der Waals surface area contributed by atoms with Crippen LogP contribution in [0.3, 0.4) is 0 Å². The average Bonchev–Trinajstić information content (AvgIpc) is 2.72. The first-order valence-corrected chi connectivity index (χ1v) is 9.73. The van der Waals surface area contributed by atoms with Crippen LogP contribution in [0.2, 0.25) is 0 Å². The highest BCUT2D eigenvalue weighted by Crippen LogP contribution is 2.32. The Labute approximate surface area is 163 Å². The molecule has 4 heteroatoms. The first-order valence-electron chi connectivity index (χ1n) is 9.73. The molecule has 0 fully saturated rings. The highest BCUT2D eigenvalue weighted by Gasteiger charge is 2.10. The van der Waals surface area contributed by atoms with E-state index in [0.29, 0.717) is 0 Å². The lowest BCUT2D eigenvalue weighted by molar-refractivity contribution is 0.236. The molecule has 0 radical (unpaired) electrons. The molecule has 2 rings (SSSR count). The fraction of sp³-hybridized carbons (Fsp3) is 0.391. The lowest BCUT2D eigenvalue weighted by atomic mass is 9.96. The normalized spacial score (nSPS) is 11.9. The van der Waals surface area contributed by atoms with E-state index in [1.165, 1.54) is 11.1 Å². The summed E-state index contributed by atoms with van der Waals surface area (Å²) in [5, 5.41) is 15.5. The number of aryl methyl sites for hydroxylation is 1. The van der Waals surface area contributed by atoms with Crippen molar-refractivity contribution < 1.29 is 5.11 Å². The summed E-state index contributed by atoms with van der Waals surface area (Å²) in [6, 6.07) is 14.6. The van der Waals surface area contributed by atoms with E-state index < -0.39 is 0 Å². The van der Waals surface area contributed by atoms with Crippen molar-refractivity contribution >= 4 is 5.69 Å². The maximum absolute atomic E-state index is 9.72. The van der Waals surface area contributed by atoms with Gasteiger partial charge in [-0.15, -0.1) is 0 Å². The van der Waals surface area contributed by atoms with Crippen molar-refractivity contribution in [2.45, 2.75) is 33.8 Å². The topological polar surface area (TPSA) is 47.5 Å². The number of rotatable bonds is 10. The molecular weight excluding hydrogens is 334 g/mol. The zero-order chi connectivity index (χ0) is 19.6. The number of nitrogens with one attached hydrogen (secondary N) is 2. The minimum Gasteiger partial charge on any atom is -0.392 e.